The monoisotopic (exact) mass is 841 g/mol. The third-order valence-electron chi connectivity index (χ3n) is 15.3. The van der Waals surface area contributed by atoms with Crippen LogP contribution in [0.25, 0.3) is 10.9 Å². The molecule has 2 unspecified atom stereocenters. The minimum absolute atomic E-state index is 0.0255. The minimum Gasteiger partial charge on any atom is -0.496 e. The average molecular weight is 842 g/mol. The molecule has 9 atom stereocenters. The first-order valence-corrected chi connectivity index (χ1v) is 21.5. The Morgan fingerprint density at radius 1 is 1.08 bits per heavy atom. The van der Waals surface area contributed by atoms with E-state index in [0.29, 0.717) is 62.4 Å². The second-order valence-electron chi connectivity index (χ2n) is 18.5. The van der Waals surface area contributed by atoms with Crippen LogP contribution in [0.2, 0.25) is 0 Å². The summed E-state index contributed by atoms with van der Waals surface area (Å²) >= 11 is 0. The lowest BCUT2D eigenvalue weighted by Crippen LogP contribution is -2.81. The van der Waals surface area contributed by atoms with Crippen LogP contribution in [0.4, 0.5) is 14.5 Å². The van der Waals surface area contributed by atoms with Gasteiger partial charge in [0.2, 0.25) is 5.91 Å². The summed E-state index contributed by atoms with van der Waals surface area (Å²) in [6.07, 6.45) is 6.55. The van der Waals surface area contributed by atoms with Gasteiger partial charge >= 0.3 is 11.9 Å². The number of aliphatic hydroxyl groups is 1. The molecular formula is C47H57F2N5O7. The predicted molar refractivity (Wildman–Crippen MR) is 226 cm³/mol. The van der Waals surface area contributed by atoms with Crippen LogP contribution in [0.1, 0.15) is 69.3 Å². The van der Waals surface area contributed by atoms with Gasteiger partial charge in [0.1, 0.15) is 22.9 Å². The second-order valence-corrected chi connectivity index (χ2v) is 18.5. The van der Waals surface area contributed by atoms with Gasteiger partial charge in [0.15, 0.2) is 0 Å². The molecule has 6 aliphatic rings. The Kier molecular flexibility index (Phi) is 9.80. The number of halogens is 2. The Labute approximate surface area is 355 Å². The van der Waals surface area contributed by atoms with Crippen LogP contribution in [0.5, 0.6) is 5.75 Å². The number of hydrogen-bond donors (Lipinski definition) is 3. The number of ether oxygens (including phenoxy) is 3. The highest BCUT2D eigenvalue weighted by Crippen LogP contribution is 2.68. The fourth-order valence-electron chi connectivity index (χ4n) is 13.2. The predicted octanol–water partition coefficient (Wildman–Crippen LogP) is 5.00. The highest BCUT2D eigenvalue weighted by molar-refractivity contribution is 5.94. The number of nitrogens with zero attached hydrogens (tertiary/aromatic N) is 3. The number of benzene rings is 2. The fourth-order valence-corrected chi connectivity index (χ4v) is 13.2. The summed E-state index contributed by atoms with van der Waals surface area (Å²) in [6, 6.07) is 10.9. The lowest BCUT2D eigenvalue weighted by Gasteiger charge is -2.64. The molecule has 2 fully saturated rings. The van der Waals surface area contributed by atoms with Crippen LogP contribution in [0, 0.1) is 11.3 Å². The molecular weight excluding hydrogens is 785 g/mol. The van der Waals surface area contributed by atoms with Crippen molar-refractivity contribution in [3.63, 3.8) is 0 Å². The molecule has 3 N–H and O–H groups in total. The zero-order chi connectivity index (χ0) is 43.4. The van der Waals surface area contributed by atoms with E-state index in [9.17, 15) is 14.7 Å². The van der Waals surface area contributed by atoms with Crippen LogP contribution < -0.4 is 15.0 Å². The number of hydrogen-bond acceptors (Lipinski definition) is 10. The van der Waals surface area contributed by atoms with E-state index in [0.717, 1.165) is 34.6 Å². The Balaban J connectivity index is 1.36. The summed E-state index contributed by atoms with van der Waals surface area (Å²) in [7, 11) is 4.85. The zero-order valence-electron chi connectivity index (χ0n) is 36.1. The number of methoxy groups -OCH3 is 2. The molecule has 9 rings (SSSR count). The molecule has 1 aliphatic carbocycles. The number of amides is 1. The maximum absolute atomic E-state index is 15.3. The first-order valence-electron chi connectivity index (χ1n) is 21.5. The highest BCUT2D eigenvalue weighted by atomic mass is 19.3. The molecule has 2 aromatic carbocycles. The van der Waals surface area contributed by atoms with Gasteiger partial charge in [-0.25, -0.2) is 8.78 Å². The topological polar surface area (TPSA) is 137 Å². The molecule has 1 spiro atoms. The lowest BCUT2D eigenvalue weighted by atomic mass is 9.47. The normalized spacial score (nSPS) is 33.9. The van der Waals surface area contributed by atoms with Crippen LogP contribution >= 0.6 is 0 Å². The van der Waals surface area contributed by atoms with Crippen molar-refractivity contribution in [2.24, 2.45) is 11.3 Å². The largest absolute Gasteiger partial charge is 0.496 e. The van der Waals surface area contributed by atoms with Crippen molar-refractivity contribution >= 4 is 34.4 Å². The lowest BCUT2D eigenvalue weighted by molar-refractivity contribution is -0.217. The number of aromatic amines is 1. The van der Waals surface area contributed by atoms with Crippen LogP contribution in [0.15, 0.2) is 60.2 Å². The maximum atomic E-state index is 15.3. The minimum atomic E-state index is -3.06. The van der Waals surface area contributed by atoms with Gasteiger partial charge in [-0.15, -0.1) is 0 Å². The smallest absolute Gasteiger partial charge is 0.322 e. The van der Waals surface area contributed by atoms with E-state index in [-0.39, 0.29) is 37.0 Å². The summed E-state index contributed by atoms with van der Waals surface area (Å²) in [5.74, 6) is -4.55. The summed E-state index contributed by atoms with van der Waals surface area (Å²) in [4.78, 5) is 51.3. The molecule has 0 radical (unpaired) electrons. The van der Waals surface area contributed by atoms with Crippen molar-refractivity contribution in [3.05, 3.63) is 82.6 Å². The van der Waals surface area contributed by atoms with Crippen molar-refractivity contribution in [3.8, 4) is 5.75 Å². The van der Waals surface area contributed by atoms with Crippen LogP contribution in [-0.2, 0) is 41.1 Å². The van der Waals surface area contributed by atoms with E-state index in [1.807, 2.05) is 49.2 Å². The molecule has 6 heterocycles. The van der Waals surface area contributed by atoms with Gasteiger partial charge in [0.25, 0.3) is 5.92 Å². The molecule has 61 heavy (non-hydrogen) atoms. The van der Waals surface area contributed by atoms with Crippen molar-refractivity contribution < 1.29 is 42.5 Å². The number of carbonyl (C=O) groups is 3. The summed E-state index contributed by atoms with van der Waals surface area (Å²) in [5.41, 5.74) is -0.464. The molecule has 326 valence electrons. The first kappa shape index (κ1) is 41.6. The molecule has 1 aromatic heterocycles. The standard InChI is InChI=1S/C47H57F2N5O7/c1-8-44-15-11-17-54-19-16-45(39(44)54)33-21-34(37(59-6)22-36(33)52(5)40(45)47(58,26-50-27(2)55)41(44)61-28(3)56)46(42(57)60-7)23-29-20-30(43(4,48)49)25-53(24-29)18-14-32-31-12-9-10-13-35(31)51-38(32)46/h9-13,15,20-22,29,39-41,51,58H,8,14,16-19,23-26H2,1-7H3,(H,50,55)/t29-,39-,40+,41+,44+,45+,46-,47?/m0/s1. The van der Waals surface area contributed by atoms with E-state index in [2.05, 4.69) is 38.3 Å². The Bertz CT molecular complexity index is 2380. The van der Waals surface area contributed by atoms with Gasteiger partial charge in [-0.05, 0) is 61.4 Å². The quantitative estimate of drug-likeness (QED) is 0.210. The number of anilines is 1. The highest BCUT2D eigenvalue weighted by Gasteiger charge is 2.78. The number of likely N-dealkylation sites (N-methyl/N-ethyl adjacent to an activating group) is 1. The Hall–Kier alpha value is -4.79. The molecule has 12 nitrogen and oxygen atoms in total. The van der Waals surface area contributed by atoms with Gasteiger partial charge in [-0.1, -0.05) is 43.4 Å². The average Bonchev–Trinajstić information content (AvgIpc) is 3.89. The zero-order valence-corrected chi connectivity index (χ0v) is 36.1. The molecule has 5 aliphatic heterocycles. The van der Waals surface area contributed by atoms with E-state index < -0.39 is 57.8 Å². The van der Waals surface area contributed by atoms with Crippen LogP contribution in [-0.4, -0.2) is 128 Å². The number of esters is 2. The van der Waals surface area contributed by atoms with E-state index >= 15 is 13.6 Å². The van der Waals surface area contributed by atoms with Crippen molar-refractivity contribution in [1.82, 2.24) is 20.1 Å². The number of alkyl halides is 2. The fraction of sp³-hybridized carbons (Fsp3) is 0.553. The van der Waals surface area contributed by atoms with Crippen molar-refractivity contribution in [2.45, 2.75) is 93.9 Å². The molecule has 1 saturated carbocycles. The van der Waals surface area contributed by atoms with Gasteiger partial charge in [0.05, 0.1) is 26.8 Å². The van der Waals surface area contributed by atoms with Crippen molar-refractivity contribution in [1.29, 1.82) is 0 Å². The van der Waals surface area contributed by atoms with Crippen LogP contribution in [0.3, 0.4) is 0 Å². The van der Waals surface area contributed by atoms with Gasteiger partial charge in [0, 0.05) is 110 Å². The number of H-pyrrole nitrogens is 1. The van der Waals surface area contributed by atoms with Gasteiger partial charge in [-0.3, -0.25) is 24.2 Å². The second kappa shape index (κ2) is 14.4. The summed E-state index contributed by atoms with van der Waals surface area (Å²) < 4.78 is 49.1. The molecule has 3 aromatic rings. The molecule has 1 amide bonds. The Morgan fingerprint density at radius 2 is 1.85 bits per heavy atom. The number of carbonyl (C=O) groups excluding carboxylic acids is 3. The number of aromatic nitrogens is 1. The molecule has 14 heteroatoms. The van der Waals surface area contributed by atoms with Crippen molar-refractivity contribution in [2.75, 3.05) is 65.4 Å². The SMILES string of the molecule is CC[C@]12C=CCN3CC[C@@]4(c5cc([C@@]6(C(=O)OC)C[C@@H]7C=C(C(C)(F)F)CN(CCc8c6[nH]c6ccccc86)C7)c(OC)cc5N(C)[C@H]4C(O)(CNC(C)=O)[C@@H]1OC(C)=O)[C@@H]32. The van der Waals surface area contributed by atoms with E-state index in [1.165, 1.54) is 21.0 Å². The number of fused-ring (bicyclic) bond motifs is 6. The molecule has 1 saturated heterocycles. The summed E-state index contributed by atoms with van der Waals surface area (Å²) in [6.45, 7) is 7.98. The molecule has 2 bridgehead atoms. The number of nitrogens with one attached hydrogen (secondary N) is 2. The van der Waals surface area contributed by atoms with Gasteiger partial charge in [-0.2, -0.15) is 0 Å². The number of rotatable bonds is 8. The van der Waals surface area contributed by atoms with Gasteiger partial charge < -0.3 is 34.5 Å². The number of para-hydroxylation sites is 1. The Morgan fingerprint density at radius 3 is 2.54 bits per heavy atom. The third-order valence-corrected chi connectivity index (χ3v) is 15.3. The van der Waals surface area contributed by atoms with E-state index in [1.54, 1.807) is 13.2 Å². The third kappa shape index (κ3) is 5.80. The summed E-state index contributed by atoms with van der Waals surface area (Å²) in [5, 5.41) is 17.4. The maximum Gasteiger partial charge on any atom is 0.322 e. The van der Waals surface area contributed by atoms with E-state index in [4.69, 9.17) is 14.2 Å². The first-order chi connectivity index (χ1) is 29.0.